The Labute approximate surface area is 115 Å². The summed E-state index contributed by atoms with van der Waals surface area (Å²) in [5.74, 6) is -0.116. The number of hydrogen-bond donors (Lipinski definition) is 1. The first-order valence-corrected chi connectivity index (χ1v) is 7.81. The van der Waals surface area contributed by atoms with Gasteiger partial charge in [0.05, 0.1) is 0 Å². The third-order valence-corrected chi connectivity index (χ3v) is 4.46. The second-order valence-electron chi connectivity index (χ2n) is 5.97. The van der Waals surface area contributed by atoms with Gasteiger partial charge in [0.1, 0.15) is 0 Å². The number of rotatable bonds is 5. The topological polar surface area (TPSA) is 49.4 Å². The molecule has 0 spiro atoms. The van der Waals surface area contributed by atoms with E-state index in [1.54, 1.807) is 0 Å². The molecule has 1 heterocycles. The van der Waals surface area contributed by atoms with Crippen LogP contribution in [0.5, 0.6) is 0 Å². The Kier molecular flexibility index (Phi) is 5.23. The van der Waals surface area contributed by atoms with Gasteiger partial charge in [0.25, 0.3) is 0 Å². The van der Waals surface area contributed by atoms with Crippen LogP contribution in [0.3, 0.4) is 0 Å². The van der Waals surface area contributed by atoms with Crippen molar-refractivity contribution in [3.63, 3.8) is 0 Å². The van der Waals surface area contributed by atoms with E-state index in [1.807, 2.05) is 4.90 Å². The lowest BCUT2D eigenvalue weighted by Gasteiger charge is -2.38. The lowest BCUT2D eigenvalue weighted by molar-refractivity contribution is -0.151. The average Bonchev–Trinajstić information content (AvgIpc) is 2.44. The molecule has 1 atom stereocenters. The maximum Gasteiger partial charge on any atom is 0.312 e. The van der Waals surface area contributed by atoms with Crippen LogP contribution in [0.4, 0.5) is 0 Å². The van der Waals surface area contributed by atoms with Gasteiger partial charge in [-0.05, 0) is 25.2 Å². The van der Waals surface area contributed by atoms with Crippen LogP contribution in [-0.4, -0.2) is 35.8 Å². The van der Waals surface area contributed by atoms with Gasteiger partial charge >= 0.3 is 11.8 Å². The Bertz CT molecular complexity index is 324. The highest BCUT2D eigenvalue weighted by molar-refractivity contribution is 6.35. The Hall–Kier alpha value is -1.06. The molecule has 1 saturated heterocycles. The molecule has 19 heavy (non-hydrogen) atoms. The maximum atomic E-state index is 12.1. The smallest absolute Gasteiger partial charge is 0.312 e. The van der Waals surface area contributed by atoms with Crippen molar-refractivity contribution in [2.24, 2.45) is 5.92 Å². The minimum atomic E-state index is -0.413. The molecule has 1 aliphatic heterocycles. The molecule has 0 aromatic rings. The summed E-state index contributed by atoms with van der Waals surface area (Å²) in [7, 11) is 0. The molecule has 2 rings (SSSR count). The standard InChI is InChI=1S/C15H26N2O2/c1-2-3-9-13-10-16-14(18)15(19)17(13)11-12-7-5-4-6-8-12/h12-13H,2-11H2,1H3,(H,16,18)/t13-/m1/s1. The van der Waals surface area contributed by atoms with Crippen molar-refractivity contribution in [3.05, 3.63) is 0 Å². The fraction of sp³-hybridized carbons (Fsp3) is 0.867. The Morgan fingerprint density at radius 3 is 2.63 bits per heavy atom. The summed E-state index contributed by atoms with van der Waals surface area (Å²) in [6.07, 6.45) is 9.57. The number of carbonyl (C=O) groups is 2. The molecular formula is C15H26N2O2. The van der Waals surface area contributed by atoms with E-state index in [0.29, 0.717) is 12.5 Å². The van der Waals surface area contributed by atoms with Crippen LogP contribution >= 0.6 is 0 Å². The highest BCUT2D eigenvalue weighted by Gasteiger charge is 2.34. The van der Waals surface area contributed by atoms with E-state index < -0.39 is 5.91 Å². The predicted octanol–water partition coefficient (Wildman–Crippen LogP) is 2.08. The number of piperazine rings is 1. The molecule has 4 heteroatoms. The van der Waals surface area contributed by atoms with E-state index in [-0.39, 0.29) is 11.9 Å². The van der Waals surface area contributed by atoms with Crippen LogP contribution in [0.25, 0.3) is 0 Å². The molecule has 2 amide bonds. The third kappa shape index (κ3) is 3.71. The predicted molar refractivity (Wildman–Crippen MR) is 74.6 cm³/mol. The molecule has 1 saturated carbocycles. The molecule has 2 aliphatic rings. The van der Waals surface area contributed by atoms with Crippen molar-refractivity contribution in [2.45, 2.75) is 64.3 Å². The zero-order valence-electron chi connectivity index (χ0n) is 12.0. The monoisotopic (exact) mass is 266 g/mol. The molecule has 1 N–H and O–H groups in total. The number of carbonyl (C=O) groups excluding carboxylic acids is 2. The van der Waals surface area contributed by atoms with E-state index in [9.17, 15) is 9.59 Å². The molecule has 4 nitrogen and oxygen atoms in total. The average molecular weight is 266 g/mol. The third-order valence-electron chi connectivity index (χ3n) is 4.46. The number of amides is 2. The van der Waals surface area contributed by atoms with Gasteiger partial charge < -0.3 is 10.2 Å². The molecule has 0 radical (unpaired) electrons. The van der Waals surface area contributed by atoms with Crippen molar-refractivity contribution in [3.8, 4) is 0 Å². The fourth-order valence-corrected chi connectivity index (χ4v) is 3.27. The summed E-state index contributed by atoms with van der Waals surface area (Å²) in [5.41, 5.74) is 0. The summed E-state index contributed by atoms with van der Waals surface area (Å²) >= 11 is 0. The lowest BCUT2D eigenvalue weighted by atomic mass is 9.88. The van der Waals surface area contributed by atoms with E-state index >= 15 is 0 Å². The molecule has 1 aliphatic carbocycles. The van der Waals surface area contributed by atoms with Crippen molar-refractivity contribution in [1.29, 1.82) is 0 Å². The van der Waals surface area contributed by atoms with Crippen molar-refractivity contribution < 1.29 is 9.59 Å². The second kappa shape index (κ2) is 6.92. The van der Waals surface area contributed by atoms with Crippen molar-refractivity contribution in [1.82, 2.24) is 10.2 Å². The van der Waals surface area contributed by atoms with Crippen LogP contribution in [0.1, 0.15) is 58.3 Å². The number of nitrogens with zero attached hydrogens (tertiary/aromatic N) is 1. The molecule has 0 aromatic carbocycles. The van der Waals surface area contributed by atoms with Crippen LogP contribution < -0.4 is 5.32 Å². The Morgan fingerprint density at radius 1 is 1.21 bits per heavy atom. The normalized spacial score (nSPS) is 25.5. The second-order valence-corrected chi connectivity index (χ2v) is 5.97. The highest BCUT2D eigenvalue weighted by atomic mass is 16.2. The minimum absolute atomic E-state index is 0.215. The lowest BCUT2D eigenvalue weighted by Crippen LogP contribution is -2.59. The molecular weight excluding hydrogens is 240 g/mol. The summed E-state index contributed by atoms with van der Waals surface area (Å²) in [5, 5.41) is 2.73. The first-order chi connectivity index (χ1) is 9.22. The zero-order chi connectivity index (χ0) is 13.7. The van der Waals surface area contributed by atoms with Gasteiger partial charge in [0, 0.05) is 19.1 Å². The van der Waals surface area contributed by atoms with E-state index in [0.717, 1.165) is 25.8 Å². The van der Waals surface area contributed by atoms with Gasteiger partial charge in [-0.2, -0.15) is 0 Å². The summed E-state index contributed by atoms with van der Waals surface area (Å²) in [6.45, 7) is 3.59. The summed E-state index contributed by atoms with van der Waals surface area (Å²) in [6, 6.07) is 0.215. The molecule has 2 fully saturated rings. The van der Waals surface area contributed by atoms with Crippen LogP contribution in [0.15, 0.2) is 0 Å². The van der Waals surface area contributed by atoms with E-state index in [4.69, 9.17) is 0 Å². The largest absolute Gasteiger partial charge is 0.346 e. The number of unbranched alkanes of at least 4 members (excludes halogenated alkanes) is 1. The van der Waals surface area contributed by atoms with E-state index in [2.05, 4.69) is 12.2 Å². The summed E-state index contributed by atoms with van der Waals surface area (Å²) in [4.78, 5) is 25.5. The van der Waals surface area contributed by atoms with Gasteiger partial charge in [-0.3, -0.25) is 9.59 Å². The maximum absolute atomic E-state index is 12.1. The SMILES string of the molecule is CCCC[C@@H]1CNC(=O)C(=O)N1CC1CCCCC1. The Morgan fingerprint density at radius 2 is 1.95 bits per heavy atom. The first kappa shape index (κ1) is 14.4. The highest BCUT2D eigenvalue weighted by Crippen LogP contribution is 2.26. The number of nitrogens with one attached hydrogen (secondary N) is 1. The quantitative estimate of drug-likeness (QED) is 0.775. The van der Waals surface area contributed by atoms with Gasteiger partial charge in [0.15, 0.2) is 0 Å². The fourth-order valence-electron chi connectivity index (χ4n) is 3.27. The molecule has 108 valence electrons. The van der Waals surface area contributed by atoms with Crippen LogP contribution in [0.2, 0.25) is 0 Å². The first-order valence-electron chi connectivity index (χ1n) is 7.81. The molecule has 0 aromatic heterocycles. The van der Waals surface area contributed by atoms with Crippen LogP contribution in [0, 0.1) is 5.92 Å². The van der Waals surface area contributed by atoms with Gasteiger partial charge in [-0.25, -0.2) is 0 Å². The molecule has 0 unspecified atom stereocenters. The van der Waals surface area contributed by atoms with Gasteiger partial charge in [0.2, 0.25) is 0 Å². The zero-order valence-corrected chi connectivity index (χ0v) is 12.0. The van der Waals surface area contributed by atoms with Crippen LogP contribution in [-0.2, 0) is 9.59 Å². The van der Waals surface area contributed by atoms with Gasteiger partial charge in [-0.15, -0.1) is 0 Å². The van der Waals surface area contributed by atoms with Crippen molar-refractivity contribution in [2.75, 3.05) is 13.1 Å². The van der Waals surface area contributed by atoms with Crippen molar-refractivity contribution >= 4 is 11.8 Å². The summed E-state index contributed by atoms with van der Waals surface area (Å²) < 4.78 is 0. The minimum Gasteiger partial charge on any atom is -0.346 e. The van der Waals surface area contributed by atoms with Gasteiger partial charge in [-0.1, -0.05) is 39.0 Å². The number of hydrogen-bond acceptors (Lipinski definition) is 2. The van der Waals surface area contributed by atoms with E-state index in [1.165, 1.54) is 32.1 Å². The Balaban J connectivity index is 1.96. The molecule has 0 bridgehead atoms.